The molecule has 0 saturated carbocycles. The second kappa shape index (κ2) is 5.20. The minimum Gasteiger partial charge on any atom is -0.308 e. The molecule has 2 rings (SSSR count). The zero-order valence-corrected chi connectivity index (χ0v) is 10.9. The fourth-order valence-corrected chi connectivity index (χ4v) is 1.84. The van der Waals surface area contributed by atoms with Gasteiger partial charge < -0.3 is 5.43 Å². The first-order valence-electron chi connectivity index (χ1n) is 5.20. The number of aryl methyl sites for hydroxylation is 1. The molecule has 0 spiro atoms. The zero-order chi connectivity index (χ0) is 12.3. The second-order valence-electron chi connectivity index (χ2n) is 3.40. The Labute approximate surface area is 108 Å². The average molecular weight is 294 g/mol. The summed E-state index contributed by atoms with van der Waals surface area (Å²) in [6, 6.07) is 5.57. The van der Waals surface area contributed by atoms with Crippen LogP contribution in [0.5, 0.6) is 0 Å². The number of hydrazine groups is 1. The number of anilines is 1. The van der Waals surface area contributed by atoms with E-state index in [0.29, 0.717) is 17.3 Å². The average Bonchev–Trinajstić information content (AvgIpc) is 2.38. The maximum atomic E-state index is 5.39. The monoisotopic (exact) mass is 293 g/mol. The number of hydrogen-bond acceptors (Lipinski definition) is 5. The lowest BCUT2D eigenvalue weighted by molar-refractivity contribution is 0.993. The van der Waals surface area contributed by atoms with Crippen molar-refractivity contribution in [2.24, 2.45) is 5.84 Å². The van der Waals surface area contributed by atoms with Crippen molar-refractivity contribution in [2.75, 3.05) is 5.43 Å². The molecule has 0 fully saturated rings. The lowest BCUT2D eigenvalue weighted by Crippen LogP contribution is -2.10. The highest BCUT2D eigenvalue weighted by Crippen LogP contribution is 2.23. The van der Waals surface area contributed by atoms with Crippen LogP contribution >= 0.6 is 15.9 Å². The summed E-state index contributed by atoms with van der Waals surface area (Å²) in [5.74, 6) is 6.53. The van der Waals surface area contributed by atoms with Crippen LogP contribution in [-0.2, 0) is 6.42 Å². The summed E-state index contributed by atoms with van der Waals surface area (Å²) in [5, 5.41) is 0. The number of rotatable bonds is 3. The van der Waals surface area contributed by atoms with Gasteiger partial charge in [-0.2, -0.15) is 0 Å². The van der Waals surface area contributed by atoms with Crippen LogP contribution in [0.1, 0.15) is 12.6 Å². The third kappa shape index (κ3) is 2.59. The number of aromatic nitrogens is 3. The first kappa shape index (κ1) is 11.9. The van der Waals surface area contributed by atoms with Crippen LogP contribution in [-0.4, -0.2) is 15.0 Å². The lowest BCUT2D eigenvalue weighted by atomic mass is 10.3. The Morgan fingerprint density at radius 1 is 1.41 bits per heavy atom. The number of nitrogens with two attached hydrogens (primary N) is 1. The molecule has 5 nitrogen and oxygen atoms in total. The molecular formula is C11H12BrN5. The van der Waals surface area contributed by atoms with Gasteiger partial charge in [0.2, 0.25) is 0 Å². The molecule has 17 heavy (non-hydrogen) atoms. The summed E-state index contributed by atoms with van der Waals surface area (Å²) in [7, 11) is 0. The lowest BCUT2D eigenvalue weighted by Gasteiger charge is -2.07. The number of nitrogens with zero attached hydrogens (tertiary/aromatic N) is 3. The molecule has 88 valence electrons. The minimum absolute atomic E-state index is 0.560. The first-order chi connectivity index (χ1) is 8.24. The van der Waals surface area contributed by atoms with Gasteiger partial charge in [0.05, 0.1) is 0 Å². The van der Waals surface area contributed by atoms with Crippen LogP contribution in [0.4, 0.5) is 5.82 Å². The van der Waals surface area contributed by atoms with E-state index >= 15 is 0 Å². The molecule has 0 unspecified atom stereocenters. The largest absolute Gasteiger partial charge is 0.308 e. The van der Waals surface area contributed by atoms with Gasteiger partial charge in [-0.15, -0.1) is 0 Å². The van der Waals surface area contributed by atoms with Crippen LogP contribution in [0.25, 0.3) is 11.5 Å². The van der Waals surface area contributed by atoms with Gasteiger partial charge in [-0.1, -0.05) is 6.92 Å². The molecule has 2 aromatic rings. The van der Waals surface area contributed by atoms with E-state index in [2.05, 4.69) is 36.3 Å². The van der Waals surface area contributed by atoms with Crippen molar-refractivity contribution in [3.63, 3.8) is 0 Å². The normalized spacial score (nSPS) is 10.3. The highest BCUT2D eigenvalue weighted by Gasteiger charge is 2.09. The van der Waals surface area contributed by atoms with Gasteiger partial charge >= 0.3 is 0 Å². The fraction of sp³-hybridized carbons (Fsp3) is 0.182. The van der Waals surface area contributed by atoms with Crippen LogP contribution in [0, 0.1) is 0 Å². The van der Waals surface area contributed by atoms with E-state index in [4.69, 9.17) is 5.84 Å². The minimum atomic E-state index is 0.560. The van der Waals surface area contributed by atoms with Gasteiger partial charge in [0.1, 0.15) is 11.5 Å². The molecule has 0 atom stereocenters. The molecule has 0 aliphatic heterocycles. The second-order valence-corrected chi connectivity index (χ2v) is 4.25. The van der Waals surface area contributed by atoms with Crippen molar-refractivity contribution < 1.29 is 0 Å². The number of hydrogen-bond donors (Lipinski definition) is 2. The summed E-state index contributed by atoms with van der Waals surface area (Å²) in [4.78, 5) is 13.0. The zero-order valence-electron chi connectivity index (χ0n) is 9.31. The number of nitrogens with one attached hydrogen (secondary N) is 1. The van der Waals surface area contributed by atoms with E-state index in [0.717, 1.165) is 16.6 Å². The van der Waals surface area contributed by atoms with E-state index < -0.39 is 0 Å². The van der Waals surface area contributed by atoms with Gasteiger partial charge in [-0.3, -0.25) is 4.98 Å². The maximum absolute atomic E-state index is 5.39. The molecule has 0 radical (unpaired) electrons. The third-order valence-corrected chi connectivity index (χ3v) is 2.90. The van der Waals surface area contributed by atoms with Gasteiger partial charge in [0, 0.05) is 22.4 Å². The molecule has 2 heterocycles. The summed E-state index contributed by atoms with van der Waals surface area (Å²) in [5.41, 5.74) is 4.16. The van der Waals surface area contributed by atoms with Crippen LogP contribution in [0.15, 0.2) is 28.9 Å². The smallest absolute Gasteiger partial charge is 0.181 e. The fourth-order valence-electron chi connectivity index (χ4n) is 1.41. The summed E-state index contributed by atoms with van der Waals surface area (Å²) in [6.07, 6.45) is 2.52. The highest BCUT2D eigenvalue weighted by atomic mass is 79.9. The van der Waals surface area contributed by atoms with Gasteiger partial charge in [0.15, 0.2) is 5.82 Å². The molecule has 0 aliphatic carbocycles. The van der Waals surface area contributed by atoms with Crippen LogP contribution in [0.2, 0.25) is 0 Å². The number of halogens is 1. The summed E-state index contributed by atoms with van der Waals surface area (Å²) in [6.45, 7) is 2.03. The maximum Gasteiger partial charge on any atom is 0.181 e. The first-order valence-corrected chi connectivity index (χ1v) is 5.99. The molecule has 0 saturated heterocycles. The molecule has 0 amide bonds. The summed E-state index contributed by atoms with van der Waals surface area (Å²) < 4.78 is 0.858. The third-order valence-electron chi connectivity index (χ3n) is 2.26. The van der Waals surface area contributed by atoms with Gasteiger partial charge in [0.25, 0.3) is 0 Å². The topological polar surface area (TPSA) is 76.7 Å². The molecule has 3 N–H and O–H groups in total. The Bertz CT molecular complexity index is 507. The number of pyridine rings is 1. The SMILES string of the molecule is CCc1cc(NN)nc(-c2ncccc2Br)n1. The van der Waals surface area contributed by atoms with Crippen molar-refractivity contribution in [2.45, 2.75) is 13.3 Å². The van der Waals surface area contributed by atoms with Crippen LogP contribution in [0.3, 0.4) is 0 Å². The predicted molar refractivity (Wildman–Crippen MR) is 70.2 cm³/mol. The van der Waals surface area contributed by atoms with E-state index in [9.17, 15) is 0 Å². The summed E-state index contributed by atoms with van der Waals surface area (Å²) >= 11 is 3.43. The standard InChI is InChI=1S/C11H12BrN5/c1-2-7-6-9(17-13)16-11(15-7)10-8(12)4-3-5-14-10/h3-6H,2,13H2,1H3,(H,15,16,17). The molecular weight excluding hydrogens is 282 g/mol. The van der Waals surface area contributed by atoms with E-state index in [-0.39, 0.29) is 0 Å². The van der Waals surface area contributed by atoms with Crippen molar-refractivity contribution >= 4 is 21.7 Å². The molecule has 0 bridgehead atoms. The highest BCUT2D eigenvalue weighted by molar-refractivity contribution is 9.10. The predicted octanol–water partition coefficient (Wildman–Crippen LogP) is 2.15. The van der Waals surface area contributed by atoms with Gasteiger partial charge in [-0.25, -0.2) is 15.8 Å². The molecule has 0 aliphatic rings. The number of nitrogen functional groups attached to an aromatic ring is 1. The van der Waals surface area contributed by atoms with Crippen molar-refractivity contribution in [3.05, 3.63) is 34.6 Å². The molecule has 6 heteroatoms. The van der Waals surface area contributed by atoms with Crippen molar-refractivity contribution in [3.8, 4) is 11.5 Å². The van der Waals surface area contributed by atoms with Crippen LogP contribution < -0.4 is 11.3 Å². The van der Waals surface area contributed by atoms with E-state index in [1.165, 1.54) is 0 Å². The quantitative estimate of drug-likeness (QED) is 0.670. The van der Waals surface area contributed by atoms with E-state index in [1.807, 2.05) is 25.1 Å². The molecule has 0 aromatic carbocycles. The van der Waals surface area contributed by atoms with Crippen molar-refractivity contribution in [1.82, 2.24) is 15.0 Å². The van der Waals surface area contributed by atoms with Gasteiger partial charge in [-0.05, 0) is 34.5 Å². The van der Waals surface area contributed by atoms with Crippen molar-refractivity contribution in [1.29, 1.82) is 0 Å². The van der Waals surface area contributed by atoms with E-state index in [1.54, 1.807) is 6.20 Å². The molecule has 2 aromatic heterocycles. The Morgan fingerprint density at radius 3 is 2.88 bits per heavy atom. The Morgan fingerprint density at radius 2 is 2.24 bits per heavy atom. The Balaban J connectivity index is 2.55. The Kier molecular flexibility index (Phi) is 3.65. The Hall–Kier alpha value is -1.53.